The zero-order valence-corrected chi connectivity index (χ0v) is 14.0. The number of benzene rings is 1. The highest BCUT2D eigenvalue weighted by Gasteiger charge is 2.39. The van der Waals surface area contributed by atoms with Gasteiger partial charge in [0.05, 0.1) is 5.92 Å². The molecule has 1 saturated heterocycles. The molecule has 4 nitrogen and oxygen atoms in total. The van der Waals surface area contributed by atoms with Crippen molar-refractivity contribution in [2.24, 2.45) is 11.8 Å². The predicted octanol–water partition coefficient (Wildman–Crippen LogP) is 2.55. The maximum absolute atomic E-state index is 13.1. The van der Waals surface area contributed by atoms with E-state index in [-0.39, 0.29) is 29.5 Å². The van der Waals surface area contributed by atoms with Crippen LogP contribution in [0.4, 0.5) is 4.39 Å². The Bertz CT molecular complexity index is 557. The molecule has 23 heavy (non-hydrogen) atoms. The van der Waals surface area contributed by atoms with Crippen molar-refractivity contribution >= 4 is 11.8 Å². The lowest BCUT2D eigenvalue weighted by Crippen LogP contribution is -2.36. The van der Waals surface area contributed by atoms with Crippen LogP contribution in [0.15, 0.2) is 24.3 Å². The van der Waals surface area contributed by atoms with E-state index in [0.717, 1.165) is 12.0 Å². The number of amides is 2. The lowest BCUT2D eigenvalue weighted by molar-refractivity contribution is -0.128. The first kappa shape index (κ1) is 17.4. The SMILES string of the molecule is CC(=O)N1C[C@H](c2ccc(F)cc2)[C@H](C(=O)NCCC(C)C)C1. The van der Waals surface area contributed by atoms with Crippen LogP contribution < -0.4 is 5.32 Å². The van der Waals surface area contributed by atoms with Gasteiger partial charge in [0, 0.05) is 32.5 Å². The Kier molecular flexibility index (Phi) is 5.74. The fraction of sp³-hybridized carbons (Fsp3) is 0.556. The highest BCUT2D eigenvalue weighted by Crippen LogP contribution is 2.33. The summed E-state index contributed by atoms with van der Waals surface area (Å²) >= 11 is 0. The lowest BCUT2D eigenvalue weighted by Gasteiger charge is -2.18. The second kappa shape index (κ2) is 7.57. The fourth-order valence-electron chi connectivity index (χ4n) is 2.99. The van der Waals surface area contributed by atoms with E-state index >= 15 is 0 Å². The molecule has 0 spiro atoms. The summed E-state index contributed by atoms with van der Waals surface area (Å²) in [4.78, 5) is 25.9. The molecule has 1 aliphatic rings. The quantitative estimate of drug-likeness (QED) is 0.906. The average Bonchev–Trinajstić information content (AvgIpc) is 2.93. The zero-order chi connectivity index (χ0) is 17.0. The number of hydrogen-bond donors (Lipinski definition) is 1. The molecule has 0 aliphatic carbocycles. The summed E-state index contributed by atoms with van der Waals surface area (Å²) in [6.07, 6.45) is 0.927. The lowest BCUT2D eigenvalue weighted by atomic mass is 9.88. The van der Waals surface area contributed by atoms with Crippen LogP contribution >= 0.6 is 0 Å². The molecule has 1 aromatic carbocycles. The van der Waals surface area contributed by atoms with Gasteiger partial charge in [-0.3, -0.25) is 9.59 Å². The Morgan fingerprint density at radius 2 is 1.91 bits per heavy atom. The van der Waals surface area contributed by atoms with Gasteiger partial charge in [-0.15, -0.1) is 0 Å². The van der Waals surface area contributed by atoms with Crippen LogP contribution in [0.5, 0.6) is 0 Å². The molecule has 1 aromatic rings. The van der Waals surface area contributed by atoms with E-state index in [2.05, 4.69) is 19.2 Å². The maximum Gasteiger partial charge on any atom is 0.225 e. The molecule has 0 aromatic heterocycles. The van der Waals surface area contributed by atoms with Crippen molar-refractivity contribution in [2.45, 2.75) is 33.1 Å². The van der Waals surface area contributed by atoms with Crippen LogP contribution in [-0.4, -0.2) is 36.3 Å². The Hall–Kier alpha value is -1.91. The van der Waals surface area contributed by atoms with Gasteiger partial charge in [-0.1, -0.05) is 26.0 Å². The van der Waals surface area contributed by atoms with E-state index in [1.54, 1.807) is 17.0 Å². The molecule has 2 amide bonds. The van der Waals surface area contributed by atoms with Crippen LogP contribution in [-0.2, 0) is 9.59 Å². The molecule has 2 rings (SSSR count). The van der Waals surface area contributed by atoms with Crippen LogP contribution in [0.1, 0.15) is 38.7 Å². The van der Waals surface area contributed by atoms with E-state index in [9.17, 15) is 14.0 Å². The zero-order valence-electron chi connectivity index (χ0n) is 14.0. The van der Waals surface area contributed by atoms with E-state index in [4.69, 9.17) is 0 Å². The van der Waals surface area contributed by atoms with E-state index in [1.165, 1.54) is 19.1 Å². The van der Waals surface area contributed by atoms with Crippen molar-refractivity contribution in [3.63, 3.8) is 0 Å². The minimum atomic E-state index is -0.298. The maximum atomic E-state index is 13.1. The standard InChI is InChI=1S/C18H25FN2O2/c1-12(2)8-9-20-18(23)17-11-21(13(3)22)10-16(17)14-4-6-15(19)7-5-14/h4-7,12,16-17H,8-11H2,1-3H3,(H,20,23)/t16-,17-/m1/s1. The number of hydrogen-bond acceptors (Lipinski definition) is 2. The topological polar surface area (TPSA) is 49.4 Å². The first-order valence-corrected chi connectivity index (χ1v) is 8.17. The predicted molar refractivity (Wildman–Crippen MR) is 87.3 cm³/mol. The smallest absolute Gasteiger partial charge is 0.225 e. The normalized spacial score (nSPS) is 20.8. The van der Waals surface area contributed by atoms with Crippen LogP contribution in [0, 0.1) is 17.7 Å². The average molecular weight is 320 g/mol. The van der Waals surface area contributed by atoms with Crippen LogP contribution in [0.2, 0.25) is 0 Å². The first-order chi connectivity index (χ1) is 10.9. The molecule has 1 aliphatic heterocycles. The molecule has 1 heterocycles. The van der Waals surface area contributed by atoms with Gasteiger partial charge in [0.2, 0.25) is 11.8 Å². The number of carbonyl (C=O) groups is 2. The molecule has 0 bridgehead atoms. The van der Waals surface area contributed by atoms with Gasteiger partial charge in [-0.25, -0.2) is 4.39 Å². The van der Waals surface area contributed by atoms with Crippen molar-refractivity contribution in [3.8, 4) is 0 Å². The van der Waals surface area contributed by atoms with E-state index in [1.807, 2.05) is 0 Å². The van der Waals surface area contributed by atoms with Gasteiger partial charge in [-0.2, -0.15) is 0 Å². The molecule has 0 unspecified atom stereocenters. The summed E-state index contributed by atoms with van der Waals surface area (Å²) in [7, 11) is 0. The number of carbonyl (C=O) groups excluding carboxylic acids is 2. The van der Waals surface area contributed by atoms with Gasteiger partial charge in [-0.05, 0) is 30.0 Å². The van der Waals surface area contributed by atoms with Gasteiger partial charge < -0.3 is 10.2 Å². The molecule has 2 atom stereocenters. The van der Waals surface area contributed by atoms with Crippen molar-refractivity contribution in [1.82, 2.24) is 10.2 Å². The number of likely N-dealkylation sites (tertiary alicyclic amines) is 1. The molecule has 0 radical (unpaired) electrons. The summed E-state index contributed by atoms with van der Waals surface area (Å²) in [6, 6.07) is 6.22. The van der Waals surface area contributed by atoms with Gasteiger partial charge >= 0.3 is 0 Å². The van der Waals surface area contributed by atoms with Crippen LogP contribution in [0.25, 0.3) is 0 Å². The number of rotatable bonds is 5. The molecule has 1 fully saturated rings. The van der Waals surface area contributed by atoms with Crippen molar-refractivity contribution in [3.05, 3.63) is 35.6 Å². The second-order valence-corrected chi connectivity index (χ2v) is 6.66. The van der Waals surface area contributed by atoms with Crippen molar-refractivity contribution in [2.75, 3.05) is 19.6 Å². The largest absolute Gasteiger partial charge is 0.356 e. The van der Waals surface area contributed by atoms with Crippen molar-refractivity contribution < 1.29 is 14.0 Å². The minimum absolute atomic E-state index is 0.0243. The monoisotopic (exact) mass is 320 g/mol. The number of nitrogens with one attached hydrogen (secondary N) is 1. The molecule has 0 saturated carbocycles. The Labute approximate surface area is 137 Å². The van der Waals surface area contributed by atoms with Crippen LogP contribution in [0.3, 0.4) is 0 Å². The molecule has 5 heteroatoms. The summed E-state index contributed by atoms with van der Waals surface area (Å²) in [5.74, 6) is -0.193. The van der Waals surface area contributed by atoms with E-state index in [0.29, 0.717) is 25.6 Å². The third kappa shape index (κ3) is 4.53. The molecule has 126 valence electrons. The Morgan fingerprint density at radius 3 is 2.48 bits per heavy atom. The summed E-state index contributed by atoms with van der Waals surface area (Å²) in [6.45, 7) is 7.30. The second-order valence-electron chi connectivity index (χ2n) is 6.66. The van der Waals surface area contributed by atoms with Gasteiger partial charge in [0.25, 0.3) is 0 Å². The highest BCUT2D eigenvalue weighted by atomic mass is 19.1. The molecular formula is C18H25FN2O2. The number of nitrogens with zero attached hydrogens (tertiary/aromatic N) is 1. The third-order valence-electron chi connectivity index (χ3n) is 4.42. The van der Waals surface area contributed by atoms with Gasteiger partial charge in [0.15, 0.2) is 0 Å². The fourth-order valence-corrected chi connectivity index (χ4v) is 2.99. The first-order valence-electron chi connectivity index (χ1n) is 8.17. The minimum Gasteiger partial charge on any atom is -0.356 e. The summed E-state index contributed by atoms with van der Waals surface area (Å²) in [5, 5.41) is 2.98. The van der Waals surface area contributed by atoms with Gasteiger partial charge in [0.1, 0.15) is 5.82 Å². The highest BCUT2D eigenvalue weighted by molar-refractivity contribution is 5.82. The molecule has 1 N–H and O–H groups in total. The van der Waals surface area contributed by atoms with Crippen molar-refractivity contribution in [1.29, 1.82) is 0 Å². The third-order valence-corrected chi connectivity index (χ3v) is 4.42. The number of halogens is 1. The molecular weight excluding hydrogens is 295 g/mol. The Balaban J connectivity index is 2.11. The van der Waals surface area contributed by atoms with E-state index < -0.39 is 0 Å². The summed E-state index contributed by atoms with van der Waals surface area (Å²) in [5.41, 5.74) is 0.902. The Morgan fingerprint density at radius 1 is 1.26 bits per heavy atom. The summed E-state index contributed by atoms with van der Waals surface area (Å²) < 4.78 is 13.1.